The number of nitrogens with zero attached hydrogens (tertiary/aromatic N) is 2. The van der Waals surface area contributed by atoms with Gasteiger partial charge in [-0.1, -0.05) is 6.92 Å². The summed E-state index contributed by atoms with van der Waals surface area (Å²) < 4.78 is 5.66. The molecule has 0 spiro atoms. The Bertz CT molecular complexity index is 858. The number of carbonyl (C=O) groups excluding carboxylic acids is 2. The smallest absolute Gasteiger partial charge is 0.332 e. The molecule has 10 heteroatoms. The molecule has 138 valence electrons. The van der Waals surface area contributed by atoms with Crippen molar-refractivity contribution in [3.8, 4) is 0 Å². The van der Waals surface area contributed by atoms with Crippen LogP contribution >= 0.6 is 23.2 Å². The van der Waals surface area contributed by atoms with Gasteiger partial charge in [0.15, 0.2) is 6.61 Å². The summed E-state index contributed by atoms with van der Waals surface area (Å²) in [5, 5.41) is 0. The number of halogens is 2. The maximum atomic E-state index is 12.4. The van der Waals surface area contributed by atoms with Gasteiger partial charge in [-0.2, -0.15) is 0 Å². The zero-order valence-electron chi connectivity index (χ0n) is 14.1. The summed E-state index contributed by atoms with van der Waals surface area (Å²) in [7, 11) is 1.25. The minimum Gasteiger partial charge on any atom is -0.457 e. The van der Waals surface area contributed by atoms with Gasteiger partial charge >= 0.3 is 11.7 Å². The van der Waals surface area contributed by atoms with Gasteiger partial charge in [-0.3, -0.25) is 23.5 Å². The standard InChI is InChI=1S/C15H19Cl2N3O5/c1-4-5-20-10(18)9(11(22)19(3)13(20)24)8(21)6-25-12(23)14(2)7-15(14,16)17/h4-7,18H2,1-3H3/t14-/m1/s1. The zero-order chi connectivity index (χ0) is 19.2. The van der Waals surface area contributed by atoms with E-state index in [2.05, 4.69) is 0 Å². The lowest BCUT2D eigenvalue weighted by molar-refractivity contribution is -0.148. The van der Waals surface area contributed by atoms with Crippen LogP contribution in [0.5, 0.6) is 0 Å². The van der Waals surface area contributed by atoms with Crippen molar-refractivity contribution < 1.29 is 14.3 Å². The van der Waals surface area contributed by atoms with Crippen LogP contribution in [-0.2, 0) is 23.1 Å². The highest BCUT2D eigenvalue weighted by Gasteiger charge is 2.69. The van der Waals surface area contributed by atoms with E-state index >= 15 is 0 Å². The molecule has 0 aliphatic heterocycles. The lowest BCUT2D eigenvalue weighted by Crippen LogP contribution is -2.43. The van der Waals surface area contributed by atoms with Gasteiger partial charge in [0, 0.05) is 20.0 Å². The number of aromatic nitrogens is 2. The number of rotatable bonds is 6. The number of Topliss-reactive ketones (excluding diaryl/α,β-unsaturated/α-hetero) is 1. The fourth-order valence-corrected chi connectivity index (χ4v) is 3.16. The number of nitrogens with two attached hydrogens (primary N) is 1. The van der Waals surface area contributed by atoms with Crippen LogP contribution in [0.3, 0.4) is 0 Å². The fourth-order valence-electron chi connectivity index (χ4n) is 2.47. The van der Waals surface area contributed by atoms with Crippen molar-refractivity contribution in [1.82, 2.24) is 9.13 Å². The molecule has 1 aliphatic carbocycles. The van der Waals surface area contributed by atoms with Crippen molar-refractivity contribution in [1.29, 1.82) is 0 Å². The molecule has 8 nitrogen and oxygen atoms in total. The molecule has 1 aromatic rings. The van der Waals surface area contributed by atoms with Crippen LogP contribution in [0.1, 0.15) is 37.0 Å². The van der Waals surface area contributed by atoms with Gasteiger partial charge in [0.1, 0.15) is 21.1 Å². The van der Waals surface area contributed by atoms with E-state index in [1.165, 1.54) is 14.0 Å². The number of hydrogen-bond donors (Lipinski definition) is 1. The van der Waals surface area contributed by atoms with Crippen LogP contribution in [-0.4, -0.2) is 31.8 Å². The van der Waals surface area contributed by atoms with Gasteiger partial charge in [0.05, 0.1) is 0 Å². The van der Waals surface area contributed by atoms with Crippen LogP contribution in [0.25, 0.3) is 0 Å². The predicted octanol–water partition coefficient (Wildman–Crippen LogP) is 0.849. The van der Waals surface area contributed by atoms with Crippen LogP contribution in [0.15, 0.2) is 9.59 Å². The highest BCUT2D eigenvalue weighted by molar-refractivity contribution is 6.53. The molecule has 0 amide bonds. The number of carbonyl (C=O) groups is 2. The summed E-state index contributed by atoms with van der Waals surface area (Å²) in [5.74, 6) is -1.77. The molecule has 1 atom stereocenters. The molecule has 0 unspecified atom stereocenters. The molecule has 1 aromatic heterocycles. The lowest BCUT2D eigenvalue weighted by atomic mass is 10.1. The maximum absolute atomic E-state index is 12.4. The van der Waals surface area contributed by atoms with E-state index in [1.54, 1.807) is 0 Å². The number of anilines is 1. The molecule has 0 radical (unpaired) electrons. The van der Waals surface area contributed by atoms with E-state index in [-0.39, 0.29) is 24.3 Å². The first-order chi connectivity index (χ1) is 11.5. The van der Waals surface area contributed by atoms with E-state index in [0.29, 0.717) is 6.42 Å². The van der Waals surface area contributed by atoms with Crippen molar-refractivity contribution in [2.24, 2.45) is 12.5 Å². The number of esters is 1. The second kappa shape index (κ2) is 6.49. The predicted molar refractivity (Wildman–Crippen MR) is 93.1 cm³/mol. The Morgan fingerprint density at radius 2 is 1.88 bits per heavy atom. The third-order valence-electron chi connectivity index (χ3n) is 4.35. The Balaban J connectivity index is 2.27. The van der Waals surface area contributed by atoms with Crippen molar-refractivity contribution in [3.63, 3.8) is 0 Å². The third-order valence-corrected chi connectivity index (χ3v) is 5.45. The molecule has 1 aliphatic rings. The summed E-state index contributed by atoms with van der Waals surface area (Å²) in [6, 6.07) is 0. The molecule has 2 N–H and O–H groups in total. The highest BCUT2D eigenvalue weighted by Crippen LogP contribution is 2.64. The first kappa shape index (κ1) is 19.5. The van der Waals surface area contributed by atoms with Crippen molar-refractivity contribution >= 4 is 40.8 Å². The molecular weight excluding hydrogens is 373 g/mol. The van der Waals surface area contributed by atoms with Crippen molar-refractivity contribution in [2.45, 2.75) is 37.6 Å². The SMILES string of the molecule is CCCn1c(N)c(C(=O)COC(=O)[C@@]2(C)CC2(Cl)Cl)c(=O)n(C)c1=O. The molecule has 0 aromatic carbocycles. The lowest BCUT2D eigenvalue weighted by Gasteiger charge is -2.15. The second-order valence-electron chi connectivity index (χ2n) is 6.27. The minimum absolute atomic E-state index is 0.210. The molecular formula is C15H19Cl2N3O5. The topological polar surface area (TPSA) is 113 Å². The van der Waals surface area contributed by atoms with Gasteiger partial charge < -0.3 is 10.5 Å². The molecule has 25 heavy (non-hydrogen) atoms. The summed E-state index contributed by atoms with van der Waals surface area (Å²) in [6.07, 6.45) is 0.790. The monoisotopic (exact) mass is 391 g/mol. The Labute approximate surface area is 153 Å². The quantitative estimate of drug-likeness (QED) is 0.436. The average molecular weight is 392 g/mol. The first-order valence-corrected chi connectivity index (χ1v) is 8.41. The van der Waals surface area contributed by atoms with E-state index < -0.39 is 39.4 Å². The van der Waals surface area contributed by atoms with Gasteiger partial charge in [0.2, 0.25) is 5.78 Å². The van der Waals surface area contributed by atoms with E-state index in [4.69, 9.17) is 33.7 Å². The minimum atomic E-state index is -1.23. The van der Waals surface area contributed by atoms with Gasteiger partial charge in [-0.05, 0) is 13.3 Å². The number of hydrogen-bond acceptors (Lipinski definition) is 6. The summed E-state index contributed by atoms with van der Waals surface area (Å²) in [6.45, 7) is 2.90. The molecule has 2 rings (SSSR count). The normalized spacial score (nSPS) is 21.0. The second-order valence-corrected chi connectivity index (χ2v) is 7.76. The zero-order valence-corrected chi connectivity index (χ0v) is 15.6. The summed E-state index contributed by atoms with van der Waals surface area (Å²) >= 11 is 11.8. The van der Waals surface area contributed by atoms with Crippen LogP contribution in [0.4, 0.5) is 5.82 Å². The number of ether oxygens (including phenoxy) is 1. The van der Waals surface area contributed by atoms with E-state index in [1.807, 2.05) is 6.92 Å². The molecule has 1 heterocycles. The van der Waals surface area contributed by atoms with E-state index in [0.717, 1.165) is 9.13 Å². The molecule has 1 saturated carbocycles. The highest BCUT2D eigenvalue weighted by atomic mass is 35.5. The van der Waals surface area contributed by atoms with E-state index in [9.17, 15) is 19.2 Å². The maximum Gasteiger partial charge on any atom is 0.332 e. The van der Waals surface area contributed by atoms with Crippen molar-refractivity contribution in [3.05, 3.63) is 26.4 Å². The van der Waals surface area contributed by atoms with Crippen molar-refractivity contribution in [2.75, 3.05) is 12.3 Å². The molecule has 0 bridgehead atoms. The average Bonchev–Trinajstić information content (AvgIpc) is 3.07. The van der Waals surface area contributed by atoms with Crippen LogP contribution < -0.4 is 17.0 Å². The number of ketones is 1. The Kier molecular flexibility index (Phi) is 5.07. The van der Waals surface area contributed by atoms with Crippen LogP contribution in [0, 0.1) is 5.41 Å². The number of alkyl halides is 2. The number of nitrogen functional groups attached to an aromatic ring is 1. The summed E-state index contributed by atoms with van der Waals surface area (Å²) in [5.41, 5.74) is 2.91. The first-order valence-electron chi connectivity index (χ1n) is 7.65. The van der Waals surface area contributed by atoms with Gasteiger partial charge in [-0.15, -0.1) is 23.2 Å². The fraction of sp³-hybridized carbons (Fsp3) is 0.600. The van der Waals surface area contributed by atoms with Gasteiger partial charge in [-0.25, -0.2) is 4.79 Å². The molecule has 1 fully saturated rings. The van der Waals surface area contributed by atoms with Gasteiger partial charge in [0.25, 0.3) is 5.56 Å². The Morgan fingerprint density at radius 3 is 2.36 bits per heavy atom. The summed E-state index contributed by atoms with van der Waals surface area (Å²) in [4.78, 5) is 48.7. The largest absolute Gasteiger partial charge is 0.457 e. The Morgan fingerprint density at radius 1 is 1.32 bits per heavy atom. The third kappa shape index (κ3) is 3.20. The molecule has 0 saturated heterocycles. The Hall–Kier alpha value is -1.80. The van der Waals surface area contributed by atoms with Crippen LogP contribution in [0.2, 0.25) is 0 Å².